The molecule has 0 aliphatic rings. The smallest absolute Gasteiger partial charge is 0.215 e. The monoisotopic (exact) mass is 389 g/mol. The summed E-state index contributed by atoms with van der Waals surface area (Å²) in [5.41, 5.74) is 1.78. The van der Waals surface area contributed by atoms with Crippen molar-refractivity contribution in [1.29, 1.82) is 0 Å². The zero-order chi connectivity index (χ0) is 19.7. The highest BCUT2D eigenvalue weighted by molar-refractivity contribution is 7.13. The average molecular weight is 389 g/mol. The molecule has 0 atom stereocenters. The molecule has 0 saturated heterocycles. The number of anilines is 2. The molecule has 7 heteroatoms. The number of nitrogens with zero attached hydrogens (tertiary/aromatic N) is 4. The topological polar surface area (TPSA) is 80.7 Å². The maximum atomic E-state index is 12.9. The fourth-order valence-corrected chi connectivity index (χ4v) is 3.71. The molecule has 4 rings (SSSR count). The summed E-state index contributed by atoms with van der Waals surface area (Å²) < 4.78 is 0. The van der Waals surface area contributed by atoms with Crippen LogP contribution in [0.4, 0.5) is 10.9 Å². The molecule has 140 valence electrons. The van der Waals surface area contributed by atoms with E-state index in [4.69, 9.17) is 0 Å². The van der Waals surface area contributed by atoms with Crippen LogP contribution in [0.5, 0.6) is 0 Å². The van der Waals surface area contributed by atoms with Gasteiger partial charge in [0.05, 0.1) is 5.69 Å². The van der Waals surface area contributed by atoms with Crippen LogP contribution in [0, 0.1) is 0 Å². The predicted octanol–water partition coefficient (Wildman–Crippen LogP) is 4.75. The first-order valence-corrected chi connectivity index (χ1v) is 9.74. The van der Waals surface area contributed by atoms with Gasteiger partial charge >= 0.3 is 0 Å². The molecule has 1 aromatic carbocycles. The molecule has 0 spiro atoms. The van der Waals surface area contributed by atoms with Gasteiger partial charge in [-0.2, -0.15) is 0 Å². The molecule has 0 unspecified atom stereocenters. The fraction of sp³-hybridized carbons (Fsp3) is 0.190. The van der Waals surface area contributed by atoms with E-state index < -0.39 is 0 Å². The lowest BCUT2D eigenvalue weighted by molar-refractivity contribution is 0.103. The number of rotatable bonds is 4. The Kier molecular flexibility index (Phi) is 4.60. The molecule has 6 nitrogen and oxygen atoms in total. The van der Waals surface area contributed by atoms with E-state index in [1.807, 2.05) is 29.6 Å². The lowest BCUT2D eigenvalue weighted by Gasteiger charge is -2.14. The number of nitrogens with one attached hydrogen (secondary N) is 1. The summed E-state index contributed by atoms with van der Waals surface area (Å²) in [5.74, 6) is 0.376. The standard InChI is InChI=1S/C21H19N5OS/c1-21(2,3)16-12-28-20(23-16)24-19-15-9-5-4-8-14(15)17(25-26-19)18(27)13-7-6-10-22-11-13/h4-12H,1-3H3,(H,23,24,26). The Balaban J connectivity index is 1.74. The van der Waals surface area contributed by atoms with Crippen LogP contribution in [0.3, 0.4) is 0 Å². The number of fused-ring (bicyclic) bond motifs is 1. The summed E-state index contributed by atoms with van der Waals surface area (Å²) >= 11 is 1.52. The molecule has 0 aliphatic carbocycles. The summed E-state index contributed by atoms with van der Waals surface area (Å²) in [6, 6.07) is 11.0. The second kappa shape index (κ2) is 7.09. The first-order chi connectivity index (χ1) is 13.4. The van der Waals surface area contributed by atoms with E-state index in [1.54, 1.807) is 18.3 Å². The van der Waals surface area contributed by atoms with Gasteiger partial charge in [-0.05, 0) is 12.1 Å². The second-order valence-corrected chi connectivity index (χ2v) is 8.28. The minimum atomic E-state index is -0.201. The molecule has 0 amide bonds. The maximum absolute atomic E-state index is 12.9. The molecule has 4 aromatic rings. The first kappa shape index (κ1) is 18.2. The number of hydrogen-bond donors (Lipinski definition) is 1. The van der Waals surface area contributed by atoms with E-state index in [9.17, 15) is 4.79 Å². The summed E-state index contributed by atoms with van der Waals surface area (Å²) in [4.78, 5) is 21.5. The molecule has 0 fully saturated rings. The van der Waals surface area contributed by atoms with Gasteiger partial charge in [0.1, 0.15) is 5.69 Å². The Hall–Kier alpha value is -3.19. The maximum Gasteiger partial charge on any atom is 0.215 e. The molecular weight excluding hydrogens is 370 g/mol. The third-order valence-corrected chi connectivity index (χ3v) is 5.08. The van der Waals surface area contributed by atoms with E-state index in [0.29, 0.717) is 17.1 Å². The Morgan fingerprint density at radius 2 is 1.82 bits per heavy atom. The molecule has 28 heavy (non-hydrogen) atoms. The van der Waals surface area contributed by atoms with Crippen molar-refractivity contribution in [3.05, 3.63) is 71.1 Å². The summed E-state index contributed by atoms with van der Waals surface area (Å²) in [6.45, 7) is 6.37. The Morgan fingerprint density at radius 3 is 2.50 bits per heavy atom. The predicted molar refractivity (Wildman–Crippen MR) is 111 cm³/mol. The zero-order valence-electron chi connectivity index (χ0n) is 15.8. The van der Waals surface area contributed by atoms with E-state index in [1.165, 1.54) is 17.5 Å². The molecule has 0 radical (unpaired) electrons. The summed E-state index contributed by atoms with van der Waals surface area (Å²) in [6.07, 6.45) is 3.17. The highest BCUT2D eigenvalue weighted by Gasteiger charge is 2.20. The van der Waals surface area contributed by atoms with Gasteiger partial charge in [-0.25, -0.2) is 4.98 Å². The highest BCUT2D eigenvalue weighted by atomic mass is 32.1. The lowest BCUT2D eigenvalue weighted by Crippen LogP contribution is -2.11. The fourth-order valence-electron chi connectivity index (χ4n) is 2.77. The summed E-state index contributed by atoms with van der Waals surface area (Å²) in [5, 5.41) is 16.1. The number of pyridine rings is 1. The van der Waals surface area contributed by atoms with Gasteiger partial charge in [0.2, 0.25) is 5.78 Å². The van der Waals surface area contributed by atoms with E-state index in [2.05, 4.69) is 46.3 Å². The number of carbonyl (C=O) groups is 1. The number of benzene rings is 1. The number of ketones is 1. The van der Waals surface area contributed by atoms with Gasteiger partial charge in [-0.3, -0.25) is 9.78 Å². The van der Waals surface area contributed by atoms with Gasteiger partial charge in [-0.15, -0.1) is 21.5 Å². The lowest BCUT2D eigenvalue weighted by atomic mass is 9.93. The van der Waals surface area contributed by atoms with Crippen LogP contribution >= 0.6 is 11.3 Å². The SMILES string of the molecule is CC(C)(C)c1csc(Nc2nnc(C(=O)c3cccnc3)c3ccccc23)n1. The van der Waals surface area contributed by atoms with Gasteiger partial charge in [0.15, 0.2) is 10.9 Å². The van der Waals surface area contributed by atoms with Crippen LogP contribution in [0.1, 0.15) is 42.5 Å². The number of thiazole rings is 1. The minimum absolute atomic E-state index is 0.0236. The van der Waals surface area contributed by atoms with Crippen LogP contribution in [-0.2, 0) is 5.41 Å². The van der Waals surface area contributed by atoms with E-state index in [-0.39, 0.29) is 11.2 Å². The Labute approximate surface area is 166 Å². The summed E-state index contributed by atoms with van der Waals surface area (Å²) in [7, 11) is 0. The van der Waals surface area contributed by atoms with Crippen LogP contribution in [0.25, 0.3) is 10.8 Å². The Bertz CT molecular complexity index is 1150. The third-order valence-electron chi connectivity index (χ3n) is 4.32. The largest absolute Gasteiger partial charge is 0.314 e. The van der Waals surface area contributed by atoms with Crippen LogP contribution in [-0.4, -0.2) is 25.9 Å². The van der Waals surface area contributed by atoms with Gasteiger partial charge in [-0.1, -0.05) is 45.0 Å². The van der Waals surface area contributed by atoms with Crippen molar-refractivity contribution < 1.29 is 4.79 Å². The quantitative estimate of drug-likeness (QED) is 0.507. The van der Waals surface area contributed by atoms with Crippen molar-refractivity contribution in [2.75, 3.05) is 5.32 Å². The van der Waals surface area contributed by atoms with Crippen molar-refractivity contribution >= 4 is 38.8 Å². The van der Waals surface area contributed by atoms with E-state index >= 15 is 0 Å². The normalized spacial score (nSPS) is 11.5. The first-order valence-electron chi connectivity index (χ1n) is 8.86. The van der Waals surface area contributed by atoms with Crippen LogP contribution in [0.2, 0.25) is 0 Å². The van der Waals surface area contributed by atoms with E-state index in [0.717, 1.165) is 21.6 Å². The molecule has 0 saturated carbocycles. The van der Waals surface area contributed by atoms with Crippen molar-refractivity contribution in [2.24, 2.45) is 0 Å². The van der Waals surface area contributed by atoms with Gasteiger partial charge < -0.3 is 5.32 Å². The molecule has 0 bridgehead atoms. The van der Waals surface area contributed by atoms with Crippen molar-refractivity contribution in [3.63, 3.8) is 0 Å². The molecule has 3 heterocycles. The molecule has 1 N–H and O–H groups in total. The van der Waals surface area contributed by atoms with Crippen molar-refractivity contribution in [2.45, 2.75) is 26.2 Å². The zero-order valence-corrected chi connectivity index (χ0v) is 16.6. The van der Waals surface area contributed by atoms with Crippen molar-refractivity contribution in [1.82, 2.24) is 20.2 Å². The number of hydrogen-bond acceptors (Lipinski definition) is 7. The Morgan fingerprint density at radius 1 is 1.04 bits per heavy atom. The molecule has 0 aliphatic heterocycles. The molecular formula is C21H19N5OS. The minimum Gasteiger partial charge on any atom is -0.314 e. The number of carbonyl (C=O) groups excluding carboxylic acids is 1. The van der Waals surface area contributed by atoms with Crippen LogP contribution < -0.4 is 5.32 Å². The second-order valence-electron chi connectivity index (χ2n) is 7.43. The van der Waals surface area contributed by atoms with Gasteiger partial charge in [0, 0.05) is 39.5 Å². The number of aromatic nitrogens is 4. The average Bonchev–Trinajstić information content (AvgIpc) is 3.18. The van der Waals surface area contributed by atoms with Crippen LogP contribution in [0.15, 0.2) is 54.2 Å². The van der Waals surface area contributed by atoms with Crippen molar-refractivity contribution in [3.8, 4) is 0 Å². The third kappa shape index (κ3) is 3.48. The van der Waals surface area contributed by atoms with Gasteiger partial charge in [0.25, 0.3) is 0 Å². The molecule has 3 aromatic heterocycles. The highest BCUT2D eigenvalue weighted by Crippen LogP contribution is 2.30.